The molecule has 3 rings (SSSR count). The highest BCUT2D eigenvalue weighted by Crippen LogP contribution is 2.28. The van der Waals surface area contributed by atoms with Crippen LogP contribution in [0.3, 0.4) is 0 Å². The molecule has 0 saturated carbocycles. The van der Waals surface area contributed by atoms with E-state index in [1.165, 1.54) is 7.11 Å². The number of hydrogen-bond acceptors (Lipinski definition) is 4. The van der Waals surface area contributed by atoms with Crippen LogP contribution in [0.5, 0.6) is 5.75 Å². The number of carbonyl (C=O) groups is 1. The number of hydrogen-bond donors (Lipinski definition) is 1. The van der Waals surface area contributed by atoms with E-state index in [2.05, 4.69) is 37.9 Å². The van der Waals surface area contributed by atoms with E-state index in [9.17, 15) is 4.79 Å². The first-order valence-electron chi connectivity index (χ1n) is 7.33. The van der Waals surface area contributed by atoms with Gasteiger partial charge in [0.2, 0.25) is 0 Å². The van der Waals surface area contributed by atoms with Crippen LogP contribution in [-0.2, 0) is 6.54 Å². The highest BCUT2D eigenvalue weighted by Gasteiger charge is 2.15. The first kappa shape index (κ1) is 17.7. The summed E-state index contributed by atoms with van der Waals surface area (Å²) in [5.41, 5.74) is 1.28. The molecule has 0 aliphatic rings. The van der Waals surface area contributed by atoms with E-state index in [1.54, 1.807) is 35.4 Å². The number of nitrogens with one attached hydrogen (secondary N) is 1. The quantitative estimate of drug-likeness (QED) is 0.582. The van der Waals surface area contributed by atoms with Gasteiger partial charge in [-0.3, -0.25) is 9.36 Å². The molecular formula is C17H14ClIN4O2. The van der Waals surface area contributed by atoms with Crippen molar-refractivity contribution in [2.75, 3.05) is 7.11 Å². The Bertz CT molecular complexity index is 882. The number of benzene rings is 1. The van der Waals surface area contributed by atoms with Gasteiger partial charge in [0.15, 0.2) is 0 Å². The van der Waals surface area contributed by atoms with E-state index in [1.807, 2.05) is 18.3 Å². The summed E-state index contributed by atoms with van der Waals surface area (Å²) < 4.78 is 7.90. The lowest BCUT2D eigenvalue weighted by molar-refractivity contribution is 0.0948. The van der Waals surface area contributed by atoms with Crippen molar-refractivity contribution in [3.8, 4) is 11.6 Å². The van der Waals surface area contributed by atoms with E-state index in [0.717, 1.165) is 15.0 Å². The predicted octanol–water partition coefficient (Wildman–Crippen LogP) is 3.46. The molecule has 128 valence electrons. The minimum absolute atomic E-state index is 0.256. The summed E-state index contributed by atoms with van der Waals surface area (Å²) in [5, 5.41) is 3.36. The van der Waals surface area contributed by atoms with Gasteiger partial charge in [0, 0.05) is 28.7 Å². The van der Waals surface area contributed by atoms with Gasteiger partial charge in [-0.25, -0.2) is 9.97 Å². The molecule has 0 fully saturated rings. The summed E-state index contributed by atoms with van der Waals surface area (Å²) in [6, 6.07) is 7.11. The van der Waals surface area contributed by atoms with Crippen LogP contribution in [-0.4, -0.2) is 27.6 Å². The minimum Gasteiger partial charge on any atom is -0.496 e. The summed E-state index contributed by atoms with van der Waals surface area (Å²) >= 11 is 8.20. The summed E-state index contributed by atoms with van der Waals surface area (Å²) in [6.45, 7) is 0.350. The van der Waals surface area contributed by atoms with Crippen LogP contribution in [0.25, 0.3) is 5.82 Å². The molecule has 2 heterocycles. The third kappa shape index (κ3) is 4.10. The highest BCUT2D eigenvalue weighted by atomic mass is 127. The van der Waals surface area contributed by atoms with E-state index in [-0.39, 0.29) is 5.91 Å². The first-order valence-corrected chi connectivity index (χ1v) is 8.78. The molecule has 0 radical (unpaired) electrons. The molecule has 1 aromatic carbocycles. The molecule has 25 heavy (non-hydrogen) atoms. The van der Waals surface area contributed by atoms with Crippen molar-refractivity contribution >= 4 is 40.1 Å². The van der Waals surface area contributed by atoms with Gasteiger partial charge in [-0.15, -0.1) is 0 Å². The number of amides is 1. The summed E-state index contributed by atoms with van der Waals surface area (Å²) in [7, 11) is 1.52. The van der Waals surface area contributed by atoms with Crippen LogP contribution in [0.15, 0.2) is 49.2 Å². The second-order valence-corrected chi connectivity index (χ2v) is 6.71. The number of ether oxygens (including phenoxy) is 1. The molecule has 2 aromatic heterocycles. The van der Waals surface area contributed by atoms with Crippen molar-refractivity contribution in [1.82, 2.24) is 19.9 Å². The number of aromatic nitrogens is 3. The minimum atomic E-state index is -0.256. The Hall–Kier alpha value is -2.13. The molecule has 0 atom stereocenters. The lowest BCUT2D eigenvalue weighted by atomic mass is 10.2. The highest BCUT2D eigenvalue weighted by molar-refractivity contribution is 14.1. The zero-order valence-electron chi connectivity index (χ0n) is 13.2. The number of imidazole rings is 1. The van der Waals surface area contributed by atoms with E-state index in [0.29, 0.717) is 22.9 Å². The van der Waals surface area contributed by atoms with Gasteiger partial charge in [0.05, 0.1) is 17.7 Å². The molecule has 0 aliphatic carbocycles. The number of rotatable bonds is 5. The third-order valence-corrected chi connectivity index (χ3v) is 5.04. The van der Waals surface area contributed by atoms with Crippen molar-refractivity contribution in [2.24, 2.45) is 0 Å². The lowest BCUT2D eigenvalue weighted by Gasteiger charge is -2.11. The summed E-state index contributed by atoms with van der Waals surface area (Å²) in [5.74, 6) is 0.993. The Morgan fingerprint density at radius 1 is 1.40 bits per heavy atom. The number of halogens is 2. The van der Waals surface area contributed by atoms with Crippen LogP contribution >= 0.6 is 34.2 Å². The number of nitrogens with zero attached hydrogens (tertiary/aromatic N) is 3. The SMILES string of the molecule is COc1cc(I)c(Cl)cc1C(=O)NCc1ccc(-n2ccnc2)nc1. The first-order chi connectivity index (χ1) is 12.1. The molecule has 8 heteroatoms. The van der Waals surface area contributed by atoms with Crippen molar-refractivity contribution in [2.45, 2.75) is 6.54 Å². The van der Waals surface area contributed by atoms with Crippen molar-refractivity contribution < 1.29 is 9.53 Å². The van der Waals surface area contributed by atoms with E-state index in [4.69, 9.17) is 16.3 Å². The van der Waals surface area contributed by atoms with Crippen molar-refractivity contribution in [3.63, 3.8) is 0 Å². The van der Waals surface area contributed by atoms with Crippen LogP contribution in [0.1, 0.15) is 15.9 Å². The average molecular weight is 469 g/mol. The molecule has 0 unspecified atom stereocenters. The molecule has 1 N–H and O–H groups in total. The van der Waals surface area contributed by atoms with Crippen molar-refractivity contribution in [1.29, 1.82) is 0 Å². The van der Waals surface area contributed by atoms with Crippen LogP contribution in [0, 0.1) is 3.57 Å². The second kappa shape index (κ2) is 7.83. The topological polar surface area (TPSA) is 69.0 Å². The monoisotopic (exact) mass is 468 g/mol. The molecule has 0 bridgehead atoms. The second-order valence-electron chi connectivity index (χ2n) is 5.14. The van der Waals surface area contributed by atoms with Gasteiger partial charge in [-0.1, -0.05) is 17.7 Å². The number of pyridine rings is 1. The Morgan fingerprint density at radius 2 is 2.24 bits per heavy atom. The molecule has 1 amide bonds. The van der Waals surface area contributed by atoms with Crippen LogP contribution < -0.4 is 10.1 Å². The largest absolute Gasteiger partial charge is 0.496 e. The zero-order valence-corrected chi connectivity index (χ0v) is 16.2. The van der Waals surface area contributed by atoms with E-state index >= 15 is 0 Å². The maximum Gasteiger partial charge on any atom is 0.255 e. The Kier molecular flexibility index (Phi) is 5.54. The molecule has 6 nitrogen and oxygen atoms in total. The molecule has 0 spiro atoms. The average Bonchev–Trinajstić information content (AvgIpc) is 3.16. The van der Waals surface area contributed by atoms with Crippen molar-refractivity contribution in [3.05, 3.63) is 68.9 Å². The van der Waals surface area contributed by atoms with Gasteiger partial charge in [-0.05, 0) is 46.4 Å². The zero-order chi connectivity index (χ0) is 17.8. The van der Waals surface area contributed by atoms with E-state index < -0.39 is 0 Å². The molecule has 3 aromatic rings. The summed E-state index contributed by atoms with van der Waals surface area (Å²) in [6.07, 6.45) is 6.90. The fourth-order valence-electron chi connectivity index (χ4n) is 2.22. The fourth-order valence-corrected chi connectivity index (χ4v) is 2.82. The number of carbonyl (C=O) groups excluding carboxylic acids is 1. The molecule has 0 saturated heterocycles. The fraction of sp³-hybridized carbons (Fsp3) is 0.118. The van der Waals surface area contributed by atoms with Crippen LogP contribution in [0.2, 0.25) is 5.02 Å². The van der Waals surface area contributed by atoms with Crippen LogP contribution in [0.4, 0.5) is 0 Å². The maximum absolute atomic E-state index is 12.4. The van der Waals surface area contributed by atoms with Gasteiger partial charge >= 0.3 is 0 Å². The van der Waals surface area contributed by atoms with Gasteiger partial charge in [0.1, 0.15) is 17.9 Å². The van der Waals surface area contributed by atoms with Gasteiger partial charge in [0.25, 0.3) is 5.91 Å². The van der Waals surface area contributed by atoms with Gasteiger partial charge in [-0.2, -0.15) is 0 Å². The molecular weight excluding hydrogens is 455 g/mol. The Balaban J connectivity index is 1.69. The molecule has 0 aliphatic heterocycles. The smallest absolute Gasteiger partial charge is 0.255 e. The normalized spacial score (nSPS) is 10.5. The maximum atomic E-state index is 12.4. The number of methoxy groups -OCH3 is 1. The lowest BCUT2D eigenvalue weighted by Crippen LogP contribution is -2.23. The Labute approximate surface area is 163 Å². The van der Waals surface area contributed by atoms with Gasteiger partial charge < -0.3 is 10.1 Å². The predicted molar refractivity (Wildman–Crippen MR) is 103 cm³/mol. The summed E-state index contributed by atoms with van der Waals surface area (Å²) in [4.78, 5) is 20.8. The standard InChI is InChI=1S/C17H14ClIN4O2/c1-25-15-7-14(19)13(18)6-12(15)17(24)22-9-11-2-3-16(21-8-11)23-5-4-20-10-23/h2-8,10H,9H2,1H3,(H,22,24). The third-order valence-electron chi connectivity index (χ3n) is 3.52. The Morgan fingerprint density at radius 3 is 2.88 bits per heavy atom.